The average Bonchev–Trinajstić information content (AvgIpc) is 2.83. The van der Waals surface area contributed by atoms with Gasteiger partial charge in [0.15, 0.2) is 0 Å². The van der Waals surface area contributed by atoms with Gasteiger partial charge in [-0.15, -0.1) is 0 Å². The number of hydrogen-bond acceptors (Lipinski definition) is 3. The SMILES string of the molecule is CC1NCCC1C(=O)Nc1cccc(/C=C/C(=O)O)c1. The number of carboxylic acid groups (broad SMARTS) is 1. The fraction of sp³-hybridized carbons (Fsp3) is 0.333. The maximum atomic E-state index is 12.1. The van der Waals surface area contributed by atoms with E-state index in [9.17, 15) is 9.59 Å². The number of carbonyl (C=O) groups excluding carboxylic acids is 1. The number of nitrogens with one attached hydrogen (secondary N) is 2. The van der Waals surface area contributed by atoms with Crippen molar-refractivity contribution in [1.82, 2.24) is 5.32 Å². The lowest BCUT2D eigenvalue weighted by Gasteiger charge is -2.15. The highest BCUT2D eigenvalue weighted by Gasteiger charge is 2.29. The highest BCUT2D eigenvalue weighted by molar-refractivity contribution is 5.93. The van der Waals surface area contributed by atoms with Crippen molar-refractivity contribution in [3.63, 3.8) is 0 Å². The van der Waals surface area contributed by atoms with E-state index >= 15 is 0 Å². The molecule has 1 aromatic carbocycles. The maximum Gasteiger partial charge on any atom is 0.328 e. The van der Waals surface area contributed by atoms with Gasteiger partial charge in [-0.05, 0) is 43.7 Å². The third kappa shape index (κ3) is 3.68. The zero-order valence-electron chi connectivity index (χ0n) is 11.3. The number of aliphatic carboxylic acids is 1. The van der Waals surface area contributed by atoms with E-state index in [0.717, 1.165) is 24.6 Å². The molecule has 20 heavy (non-hydrogen) atoms. The predicted molar refractivity (Wildman–Crippen MR) is 77.3 cm³/mol. The van der Waals surface area contributed by atoms with Gasteiger partial charge in [0.1, 0.15) is 0 Å². The van der Waals surface area contributed by atoms with Gasteiger partial charge in [-0.1, -0.05) is 12.1 Å². The Morgan fingerprint density at radius 1 is 1.45 bits per heavy atom. The van der Waals surface area contributed by atoms with Crippen LogP contribution in [0, 0.1) is 5.92 Å². The van der Waals surface area contributed by atoms with E-state index in [0.29, 0.717) is 5.69 Å². The first kappa shape index (κ1) is 14.3. The fourth-order valence-electron chi connectivity index (χ4n) is 2.34. The van der Waals surface area contributed by atoms with Crippen molar-refractivity contribution in [1.29, 1.82) is 0 Å². The molecule has 1 aliphatic heterocycles. The van der Waals surface area contributed by atoms with Gasteiger partial charge in [-0.3, -0.25) is 4.79 Å². The Balaban J connectivity index is 2.04. The molecule has 0 bridgehead atoms. The van der Waals surface area contributed by atoms with Gasteiger partial charge in [0, 0.05) is 17.8 Å². The van der Waals surface area contributed by atoms with Crippen LogP contribution in [0.4, 0.5) is 5.69 Å². The standard InChI is InChI=1S/C15H18N2O3/c1-10-13(7-8-16-10)15(20)17-12-4-2-3-11(9-12)5-6-14(18)19/h2-6,9-10,13,16H,7-8H2,1H3,(H,17,20)(H,18,19)/b6-5+. The number of benzene rings is 1. The topological polar surface area (TPSA) is 78.4 Å². The lowest BCUT2D eigenvalue weighted by atomic mass is 10.0. The van der Waals surface area contributed by atoms with E-state index in [-0.39, 0.29) is 17.9 Å². The second-order valence-electron chi connectivity index (χ2n) is 4.92. The molecule has 1 amide bonds. The van der Waals surface area contributed by atoms with E-state index in [4.69, 9.17) is 5.11 Å². The summed E-state index contributed by atoms with van der Waals surface area (Å²) in [6, 6.07) is 7.31. The van der Waals surface area contributed by atoms with Crippen LogP contribution in [-0.2, 0) is 9.59 Å². The highest BCUT2D eigenvalue weighted by Crippen LogP contribution is 2.19. The first-order valence-corrected chi connectivity index (χ1v) is 6.61. The van der Waals surface area contributed by atoms with Crippen LogP contribution in [0.5, 0.6) is 0 Å². The summed E-state index contributed by atoms with van der Waals surface area (Å²) in [6.45, 7) is 2.86. The Labute approximate surface area is 117 Å². The summed E-state index contributed by atoms with van der Waals surface area (Å²) in [6.07, 6.45) is 3.41. The Morgan fingerprint density at radius 2 is 2.25 bits per heavy atom. The quantitative estimate of drug-likeness (QED) is 0.730. The van der Waals surface area contributed by atoms with E-state index in [1.54, 1.807) is 24.3 Å². The summed E-state index contributed by atoms with van der Waals surface area (Å²) in [5.41, 5.74) is 1.42. The Bertz CT molecular complexity index is 540. The zero-order valence-corrected chi connectivity index (χ0v) is 11.3. The largest absolute Gasteiger partial charge is 0.478 e. The van der Waals surface area contributed by atoms with Crippen LogP contribution in [0.1, 0.15) is 18.9 Å². The van der Waals surface area contributed by atoms with Crippen LogP contribution in [-0.4, -0.2) is 29.6 Å². The number of rotatable bonds is 4. The van der Waals surface area contributed by atoms with E-state index in [1.807, 2.05) is 6.92 Å². The number of amides is 1. The van der Waals surface area contributed by atoms with Gasteiger partial charge in [-0.2, -0.15) is 0 Å². The van der Waals surface area contributed by atoms with E-state index in [1.165, 1.54) is 6.08 Å². The molecule has 0 aliphatic carbocycles. The van der Waals surface area contributed by atoms with Crippen LogP contribution >= 0.6 is 0 Å². The number of carboxylic acids is 1. The summed E-state index contributed by atoms with van der Waals surface area (Å²) in [5.74, 6) is -1.01. The van der Waals surface area contributed by atoms with Crippen molar-refractivity contribution < 1.29 is 14.7 Å². The minimum Gasteiger partial charge on any atom is -0.478 e. The molecular formula is C15H18N2O3. The second-order valence-corrected chi connectivity index (χ2v) is 4.92. The van der Waals surface area contributed by atoms with Gasteiger partial charge >= 0.3 is 5.97 Å². The first-order valence-electron chi connectivity index (χ1n) is 6.61. The monoisotopic (exact) mass is 274 g/mol. The molecule has 5 heteroatoms. The third-order valence-electron chi connectivity index (χ3n) is 3.43. The molecule has 0 aromatic heterocycles. The predicted octanol–water partition coefficient (Wildman–Crippen LogP) is 1.72. The van der Waals surface area contributed by atoms with Crippen molar-refractivity contribution in [2.45, 2.75) is 19.4 Å². The Morgan fingerprint density at radius 3 is 2.90 bits per heavy atom. The lowest BCUT2D eigenvalue weighted by molar-refractivity contribution is -0.131. The van der Waals surface area contributed by atoms with Crippen molar-refractivity contribution in [2.24, 2.45) is 5.92 Å². The van der Waals surface area contributed by atoms with Gasteiger partial charge in [0.05, 0.1) is 5.92 Å². The fourth-order valence-corrected chi connectivity index (χ4v) is 2.34. The number of anilines is 1. The van der Waals surface area contributed by atoms with Gasteiger partial charge in [-0.25, -0.2) is 4.79 Å². The molecule has 5 nitrogen and oxygen atoms in total. The highest BCUT2D eigenvalue weighted by atomic mass is 16.4. The first-order chi connectivity index (χ1) is 9.56. The molecule has 1 aromatic rings. The van der Waals surface area contributed by atoms with Crippen LogP contribution in [0.15, 0.2) is 30.3 Å². The molecule has 0 spiro atoms. The Hall–Kier alpha value is -2.14. The molecule has 0 saturated carbocycles. The second kappa shape index (κ2) is 6.34. The van der Waals surface area contributed by atoms with E-state index in [2.05, 4.69) is 10.6 Å². The molecule has 2 rings (SSSR count). The molecular weight excluding hydrogens is 256 g/mol. The molecule has 1 aliphatic rings. The van der Waals surface area contributed by atoms with Crippen LogP contribution in [0.2, 0.25) is 0 Å². The number of carbonyl (C=O) groups is 2. The summed E-state index contributed by atoms with van der Waals surface area (Å²) < 4.78 is 0. The molecule has 0 radical (unpaired) electrons. The summed E-state index contributed by atoms with van der Waals surface area (Å²) in [7, 11) is 0. The summed E-state index contributed by atoms with van der Waals surface area (Å²) in [5, 5.41) is 14.7. The third-order valence-corrected chi connectivity index (χ3v) is 3.43. The molecule has 1 saturated heterocycles. The molecule has 1 heterocycles. The van der Waals surface area contributed by atoms with E-state index < -0.39 is 5.97 Å². The van der Waals surface area contributed by atoms with Crippen molar-refractivity contribution >= 4 is 23.6 Å². The minimum atomic E-state index is -0.995. The molecule has 2 unspecified atom stereocenters. The summed E-state index contributed by atoms with van der Waals surface area (Å²) in [4.78, 5) is 22.6. The van der Waals surface area contributed by atoms with Crippen molar-refractivity contribution in [3.05, 3.63) is 35.9 Å². The smallest absolute Gasteiger partial charge is 0.328 e. The average molecular weight is 274 g/mol. The zero-order chi connectivity index (χ0) is 14.5. The van der Waals surface area contributed by atoms with Crippen LogP contribution in [0.3, 0.4) is 0 Å². The minimum absolute atomic E-state index is 0.00173. The molecule has 3 N–H and O–H groups in total. The van der Waals surface area contributed by atoms with Crippen LogP contribution in [0.25, 0.3) is 6.08 Å². The van der Waals surface area contributed by atoms with Gasteiger partial charge < -0.3 is 15.7 Å². The Kier molecular flexibility index (Phi) is 4.53. The van der Waals surface area contributed by atoms with Gasteiger partial charge in [0.2, 0.25) is 5.91 Å². The molecule has 106 valence electrons. The van der Waals surface area contributed by atoms with Crippen molar-refractivity contribution in [2.75, 3.05) is 11.9 Å². The summed E-state index contributed by atoms with van der Waals surface area (Å²) >= 11 is 0. The lowest BCUT2D eigenvalue weighted by Crippen LogP contribution is -2.32. The maximum absolute atomic E-state index is 12.1. The number of hydrogen-bond donors (Lipinski definition) is 3. The van der Waals surface area contributed by atoms with Crippen LogP contribution < -0.4 is 10.6 Å². The molecule has 1 fully saturated rings. The van der Waals surface area contributed by atoms with Crippen molar-refractivity contribution in [3.8, 4) is 0 Å². The van der Waals surface area contributed by atoms with Gasteiger partial charge in [0.25, 0.3) is 0 Å². The molecule has 2 atom stereocenters. The normalized spacial score (nSPS) is 22.1.